The normalized spacial score (nSPS) is 15.7. The molecule has 1 atom stereocenters. The average Bonchev–Trinajstić information content (AvgIpc) is 2.89. The van der Waals surface area contributed by atoms with Crippen LogP contribution < -0.4 is 19.7 Å². The Morgan fingerprint density at radius 3 is 2.67 bits per heavy atom. The number of carbonyl (C=O) groups is 1. The molecule has 1 aromatic heterocycles. The summed E-state index contributed by atoms with van der Waals surface area (Å²) in [5.74, 6) is 2.55. The summed E-state index contributed by atoms with van der Waals surface area (Å²) < 4.78 is 10.5. The average molecular weight is 447 g/mol. The van der Waals surface area contributed by atoms with Gasteiger partial charge in [-0.25, -0.2) is 9.97 Å². The van der Waals surface area contributed by atoms with E-state index in [4.69, 9.17) is 9.47 Å². The molecule has 0 saturated carbocycles. The Bertz CT molecular complexity index is 1070. The van der Waals surface area contributed by atoms with Gasteiger partial charge in [-0.2, -0.15) is 0 Å². The van der Waals surface area contributed by atoms with E-state index in [0.29, 0.717) is 13.1 Å². The van der Waals surface area contributed by atoms with E-state index in [2.05, 4.69) is 20.2 Å². The number of carbonyl (C=O) groups excluding carboxylic acids is 1. The van der Waals surface area contributed by atoms with Gasteiger partial charge in [0.05, 0.1) is 25.8 Å². The van der Waals surface area contributed by atoms with E-state index in [-0.39, 0.29) is 11.8 Å². The summed E-state index contributed by atoms with van der Waals surface area (Å²) >= 11 is 0. The van der Waals surface area contributed by atoms with E-state index in [1.165, 1.54) is 0 Å². The highest BCUT2D eigenvalue weighted by atomic mass is 16.5. The second kappa shape index (κ2) is 10.8. The molecule has 33 heavy (non-hydrogen) atoms. The fourth-order valence-corrected chi connectivity index (χ4v) is 4.14. The Balaban J connectivity index is 1.35. The molecule has 2 aromatic carbocycles. The Labute approximate surface area is 194 Å². The first-order chi connectivity index (χ1) is 16.2. The van der Waals surface area contributed by atoms with Crippen LogP contribution in [0, 0.1) is 5.92 Å². The molecule has 0 aliphatic carbocycles. The molecule has 1 fully saturated rings. The number of nitrogens with one attached hydrogen (secondary N) is 1. The van der Waals surface area contributed by atoms with Gasteiger partial charge in [0.15, 0.2) is 0 Å². The van der Waals surface area contributed by atoms with Crippen molar-refractivity contribution in [3.8, 4) is 22.8 Å². The zero-order valence-electron chi connectivity index (χ0n) is 19.2. The van der Waals surface area contributed by atoms with Gasteiger partial charge in [0.25, 0.3) is 0 Å². The van der Waals surface area contributed by atoms with E-state index in [1.807, 2.05) is 54.6 Å². The molecule has 0 spiro atoms. The largest absolute Gasteiger partial charge is 0.497 e. The molecule has 3 aromatic rings. The molecule has 172 valence electrons. The minimum Gasteiger partial charge on any atom is -0.497 e. The van der Waals surface area contributed by atoms with Crippen molar-refractivity contribution in [2.45, 2.75) is 19.3 Å². The number of methoxy groups -OCH3 is 2. The van der Waals surface area contributed by atoms with Crippen molar-refractivity contribution in [1.82, 2.24) is 15.3 Å². The van der Waals surface area contributed by atoms with Gasteiger partial charge in [-0.15, -0.1) is 0 Å². The highest BCUT2D eigenvalue weighted by Gasteiger charge is 2.26. The summed E-state index contributed by atoms with van der Waals surface area (Å²) in [6.07, 6.45) is 4.21. The highest BCUT2D eigenvalue weighted by Crippen LogP contribution is 2.26. The van der Waals surface area contributed by atoms with E-state index in [1.54, 1.807) is 20.5 Å². The van der Waals surface area contributed by atoms with Crippen molar-refractivity contribution in [1.29, 1.82) is 0 Å². The molecule has 4 rings (SSSR count). The lowest BCUT2D eigenvalue weighted by atomic mass is 9.97. The van der Waals surface area contributed by atoms with Crippen molar-refractivity contribution in [3.63, 3.8) is 0 Å². The molecule has 1 aliphatic heterocycles. The molecule has 0 bridgehead atoms. The van der Waals surface area contributed by atoms with Crippen molar-refractivity contribution in [3.05, 3.63) is 66.5 Å². The summed E-state index contributed by atoms with van der Waals surface area (Å²) in [5.41, 5.74) is 3.00. The molecule has 1 saturated heterocycles. The number of hydrogen-bond acceptors (Lipinski definition) is 6. The second-order valence-corrected chi connectivity index (χ2v) is 8.17. The summed E-state index contributed by atoms with van der Waals surface area (Å²) in [4.78, 5) is 23.9. The molecule has 1 amide bonds. The first kappa shape index (κ1) is 22.6. The van der Waals surface area contributed by atoms with Gasteiger partial charge < -0.3 is 19.7 Å². The van der Waals surface area contributed by atoms with E-state index in [0.717, 1.165) is 59.9 Å². The summed E-state index contributed by atoms with van der Waals surface area (Å²) in [6, 6.07) is 17.7. The first-order valence-corrected chi connectivity index (χ1v) is 11.3. The minimum absolute atomic E-state index is 0.0524. The Morgan fingerprint density at radius 1 is 1.06 bits per heavy atom. The van der Waals surface area contributed by atoms with E-state index < -0.39 is 0 Å². The summed E-state index contributed by atoms with van der Waals surface area (Å²) in [5, 5.41) is 3.11. The number of benzene rings is 2. The van der Waals surface area contributed by atoms with E-state index >= 15 is 0 Å². The molecule has 7 heteroatoms. The lowest BCUT2D eigenvalue weighted by Gasteiger charge is -2.33. The van der Waals surface area contributed by atoms with Crippen LogP contribution >= 0.6 is 0 Å². The Kier molecular flexibility index (Phi) is 7.40. The Morgan fingerprint density at radius 2 is 1.88 bits per heavy atom. The zero-order chi connectivity index (χ0) is 23.0. The number of aromatic nitrogens is 2. The van der Waals surface area contributed by atoms with Gasteiger partial charge >= 0.3 is 0 Å². The van der Waals surface area contributed by atoms with Crippen molar-refractivity contribution < 1.29 is 14.3 Å². The molecule has 1 aliphatic rings. The molecule has 1 N–H and O–H groups in total. The third-order valence-corrected chi connectivity index (χ3v) is 6.00. The SMILES string of the molecule is COc1ccc(-c2cc(N3CCCC(C(=O)NCCc4cccc(OC)c4)C3)ncn2)cc1. The molecule has 7 nitrogen and oxygen atoms in total. The summed E-state index contributed by atoms with van der Waals surface area (Å²) in [7, 11) is 3.31. The maximum atomic E-state index is 12.8. The monoisotopic (exact) mass is 446 g/mol. The molecular weight excluding hydrogens is 416 g/mol. The predicted octanol–water partition coefficient (Wildman–Crippen LogP) is 3.74. The third-order valence-electron chi connectivity index (χ3n) is 6.00. The standard InChI is InChI=1S/C26H30N4O3/c1-32-22-10-8-20(9-11-22)24-16-25(29-18-28-24)30-14-4-6-21(17-30)26(31)27-13-12-19-5-3-7-23(15-19)33-2/h3,5,7-11,15-16,18,21H,4,6,12-14,17H2,1-2H3,(H,27,31). The Hall–Kier alpha value is -3.61. The molecule has 2 heterocycles. The van der Waals surface area contributed by atoms with E-state index in [9.17, 15) is 4.79 Å². The van der Waals surface area contributed by atoms with Gasteiger partial charge in [-0.3, -0.25) is 4.79 Å². The zero-order valence-corrected chi connectivity index (χ0v) is 19.2. The highest BCUT2D eigenvalue weighted by molar-refractivity contribution is 5.79. The third kappa shape index (κ3) is 5.80. The van der Waals surface area contributed by atoms with Gasteiger partial charge in [0.1, 0.15) is 23.6 Å². The van der Waals surface area contributed by atoms with Gasteiger partial charge in [-0.1, -0.05) is 12.1 Å². The number of amides is 1. The van der Waals surface area contributed by atoms with Crippen LogP contribution in [0.4, 0.5) is 5.82 Å². The van der Waals surface area contributed by atoms with Gasteiger partial charge in [0, 0.05) is 31.3 Å². The van der Waals surface area contributed by atoms with Crippen LogP contribution in [0.3, 0.4) is 0 Å². The topological polar surface area (TPSA) is 76.6 Å². The smallest absolute Gasteiger partial charge is 0.224 e. The van der Waals surface area contributed by atoms with Gasteiger partial charge in [-0.05, 0) is 61.2 Å². The number of hydrogen-bond donors (Lipinski definition) is 1. The van der Waals surface area contributed by atoms with Crippen LogP contribution in [0.5, 0.6) is 11.5 Å². The summed E-state index contributed by atoms with van der Waals surface area (Å²) in [6.45, 7) is 2.15. The number of piperidine rings is 1. The van der Waals surface area contributed by atoms with Crippen LogP contribution in [-0.4, -0.2) is 49.7 Å². The molecule has 0 radical (unpaired) electrons. The van der Waals surface area contributed by atoms with Crippen LogP contribution in [0.15, 0.2) is 60.9 Å². The minimum atomic E-state index is -0.0524. The number of nitrogens with zero attached hydrogens (tertiary/aromatic N) is 3. The number of anilines is 1. The fourth-order valence-electron chi connectivity index (χ4n) is 4.14. The molecular formula is C26H30N4O3. The second-order valence-electron chi connectivity index (χ2n) is 8.17. The van der Waals surface area contributed by atoms with Crippen LogP contribution in [0.25, 0.3) is 11.3 Å². The predicted molar refractivity (Wildman–Crippen MR) is 129 cm³/mol. The van der Waals surface area contributed by atoms with Crippen LogP contribution in [0.2, 0.25) is 0 Å². The van der Waals surface area contributed by atoms with Crippen molar-refractivity contribution in [2.75, 3.05) is 38.8 Å². The number of rotatable bonds is 8. The quantitative estimate of drug-likeness (QED) is 0.568. The number of ether oxygens (including phenoxy) is 2. The lowest BCUT2D eigenvalue weighted by molar-refractivity contribution is -0.125. The van der Waals surface area contributed by atoms with Crippen molar-refractivity contribution >= 4 is 11.7 Å². The van der Waals surface area contributed by atoms with Crippen LogP contribution in [-0.2, 0) is 11.2 Å². The maximum absolute atomic E-state index is 12.8. The molecule has 1 unspecified atom stereocenters. The van der Waals surface area contributed by atoms with Gasteiger partial charge in [0.2, 0.25) is 5.91 Å². The first-order valence-electron chi connectivity index (χ1n) is 11.3. The fraction of sp³-hybridized carbons (Fsp3) is 0.346. The lowest BCUT2D eigenvalue weighted by Crippen LogP contribution is -2.43. The van der Waals surface area contributed by atoms with Crippen LogP contribution in [0.1, 0.15) is 18.4 Å². The maximum Gasteiger partial charge on any atom is 0.224 e. The van der Waals surface area contributed by atoms with Crippen molar-refractivity contribution in [2.24, 2.45) is 5.92 Å².